The fourth-order valence-corrected chi connectivity index (χ4v) is 9.16. The van der Waals surface area contributed by atoms with E-state index in [2.05, 4.69) is 167 Å². The van der Waals surface area contributed by atoms with Crippen LogP contribution in [0.1, 0.15) is 0 Å². The lowest BCUT2D eigenvalue weighted by atomic mass is 10.00. The van der Waals surface area contributed by atoms with Gasteiger partial charge in [-0.15, -0.1) is 11.3 Å². The van der Waals surface area contributed by atoms with Crippen LogP contribution in [0.2, 0.25) is 0 Å². The van der Waals surface area contributed by atoms with Crippen molar-refractivity contribution in [1.29, 1.82) is 0 Å². The van der Waals surface area contributed by atoms with Crippen molar-refractivity contribution < 1.29 is 0 Å². The number of hydrogen-bond acceptors (Lipinski definition) is 5. The predicted octanol–water partition coefficient (Wildman–Crippen LogP) is 13.1. The van der Waals surface area contributed by atoms with Gasteiger partial charge in [0.25, 0.3) is 0 Å². The lowest BCUT2D eigenvalue weighted by Gasteiger charge is -2.16. The van der Waals surface area contributed by atoms with E-state index in [9.17, 15) is 0 Å². The summed E-state index contributed by atoms with van der Waals surface area (Å²) in [5.74, 6) is 1.86. The molecule has 0 aliphatic heterocycles. The minimum atomic E-state index is 0.611. The molecule has 0 radical (unpaired) electrons. The molecule has 262 valence electrons. The molecule has 4 aromatic heterocycles. The summed E-state index contributed by atoms with van der Waals surface area (Å²) in [5.41, 5.74) is 10.7. The van der Waals surface area contributed by atoms with E-state index >= 15 is 0 Å². The molecule has 56 heavy (non-hydrogen) atoms. The fourth-order valence-electron chi connectivity index (χ4n) is 7.96. The number of para-hydroxylation sites is 2. The van der Waals surface area contributed by atoms with Crippen LogP contribution < -0.4 is 0 Å². The van der Waals surface area contributed by atoms with Gasteiger partial charge in [-0.2, -0.15) is 0 Å². The standard InChI is InChI=1S/C50H31N5S/c1-3-13-32(14-4-1)37-26-25-36(30-45(37)55-43-23-9-7-19-39(43)40-20-8-10-24-44(40)55)50-53-48(33-15-5-2-6-16-33)52-49(54-50)35-18-11-17-34(29-35)38-21-12-22-42-41-27-28-51-31-46(41)56-47(38)42/h1-31H. The lowest BCUT2D eigenvalue weighted by molar-refractivity contribution is 1.07. The van der Waals surface area contributed by atoms with Crippen molar-refractivity contribution >= 4 is 53.3 Å². The maximum atomic E-state index is 5.24. The van der Waals surface area contributed by atoms with Crippen LogP contribution in [-0.2, 0) is 0 Å². The van der Waals surface area contributed by atoms with Gasteiger partial charge in [0.15, 0.2) is 17.5 Å². The molecule has 4 heterocycles. The average molecular weight is 734 g/mol. The molecule has 5 nitrogen and oxygen atoms in total. The second kappa shape index (κ2) is 13.2. The van der Waals surface area contributed by atoms with E-state index < -0.39 is 0 Å². The highest BCUT2D eigenvalue weighted by Gasteiger charge is 2.19. The number of benzene rings is 7. The first-order chi connectivity index (χ1) is 27.8. The van der Waals surface area contributed by atoms with Crippen molar-refractivity contribution in [3.05, 3.63) is 188 Å². The molecular formula is C50H31N5S. The highest BCUT2D eigenvalue weighted by atomic mass is 32.1. The number of rotatable bonds is 6. The number of pyridine rings is 1. The summed E-state index contributed by atoms with van der Waals surface area (Å²) in [6.07, 6.45) is 3.82. The molecule has 0 aliphatic rings. The molecular weight excluding hydrogens is 703 g/mol. The van der Waals surface area contributed by atoms with Gasteiger partial charge in [0.2, 0.25) is 0 Å². The van der Waals surface area contributed by atoms with Gasteiger partial charge in [-0.25, -0.2) is 15.0 Å². The molecule has 11 rings (SSSR count). The molecule has 0 atom stereocenters. The first kappa shape index (κ1) is 32.2. The van der Waals surface area contributed by atoms with Crippen molar-refractivity contribution in [3.8, 4) is 62.1 Å². The predicted molar refractivity (Wildman–Crippen MR) is 232 cm³/mol. The highest BCUT2D eigenvalue weighted by Crippen LogP contribution is 2.41. The van der Waals surface area contributed by atoms with E-state index in [-0.39, 0.29) is 0 Å². The smallest absolute Gasteiger partial charge is 0.164 e. The molecule has 0 N–H and O–H groups in total. The van der Waals surface area contributed by atoms with Crippen molar-refractivity contribution in [2.45, 2.75) is 0 Å². The van der Waals surface area contributed by atoms with Gasteiger partial charge in [0.05, 0.1) is 21.4 Å². The molecule has 0 spiro atoms. The summed E-state index contributed by atoms with van der Waals surface area (Å²) in [6, 6.07) is 61.8. The molecule has 0 saturated carbocycles. The maximum absolute atomic E-state index is 5.24. The zero-order chi connectivity index (χ0) is 37.0. The SMILES string of the molecule is c1ccc(-c2nc(-c3cccc(-c4cccc5c4sc4cnccc45)c3)nc(-c3ccc(-c4ccccc4)c(-n4c5ccccc5c5ccccc54)c3)n2)cc1. The van der Waals surface area contributed by atoms with Gasteiger partial charge in [0.1, 0.15) is 0 Å². The second-order valence-corrected chi connectivity index (χ2v) is 14.9. The first-order valence-electron chi connectivity index (χ1n) is 18.6. The van der Waals surface area contributed by atoms with Crippen LogP contribution in [0.15, 0.2) is 188 Å². The molecule has 0 bridgehead atoms. The third-order valence-electron chi connectivity index (χ3n) is 10.6. The summed E-state index contributed by atoms with van der Waals surface area (Å²) in [4.78, 5) is 19.9. The largest absolute Gasteiger partial charge is 0.309 e. The third-order valence-corrected chi connectivity index (χ3v) is 11.8. The van der Waals surface area contributed by atoms with Crippen LogP contribution >= 0.6 is 11.3 Å². The van der Waals surface area contributed by atoms with Crippen molar-refractivity contribution in [1.82, 2.24) is 24.5 Å². The number of hydrogen-bond donors (Lipinski definition) is 0. The van der Waals surface area contributed by atoms with Crippen LogP contribution in [0.3, 0.4) is 0 Å². The minimum absolute atomic E-state index is 0.611. The Balaban J connectivity index is 1.12. The van der Waals surface area contributed by atoms with Gasteiger partial charge in [-0.1, -0.05) is 146 Å². The van der Waals surface area contributed by atoms with Gasteiger partial charge < -0.3 is 4.57 Å². The van der Waals surface area contributed by atoms with Crippen molar-refractivity contribution in [3.63, 3.8) is 0 Å². The van der Waals surface area contributed by atoms with Crippen LogP contribution in [0.25, 0.3) is 104 Å². The Kier molecular flexibility index (Phi) is 7.60. The minimum Gasteiger partial charge on any atom is -0.309 e. The molecule has 7 aromatic carbocycles. The topological polar surface area (TPSA) is 56.5 Å². The van der Waals surface area contributed by atoms with Gasteiger partial charge >= 0.3 is 0 Å². The Bertz CT molecular complexity index is 3200. The summed E-state index contributed by atoms with van der Waals surface area (Å²) in [6.45, 7) is 0. The van der Waals surface area contributed by atoms with Gasteiger partial charge in [0, 0.05) is 60.9 Å². The molecule has 0 saturated heterocycles. The fraction of sp³-hybridized carbons (Fsp3) is 0. The summed E-state index contributed by atoms with van der Waals surface area (Å²) < 4.78 is 4.80. The summed E-state index contributed by atoms with van der Waals surface area (Å²) in [7, 11) is 0. The lowest BCUT2D eigenvalue weighted by Crippen LogP contribution is -2.02. The summed E-state index contributed by atoms with van der Waals surface area (Å²) >= 11 is 1.78. The Hall–Kier alpha value is -7.28. The average Bonchev–Trinajstić information content (AvgIpc) is 3.83. The molecule has 0 aliphatic carbocycles. The van der Waals surface area contributed by atoms with Gasteiger partial charge in [-0.3, -0.25) is 4.98 Å². The van der Waals surface area contributed by atoms with Crippen molar-refractivity contribution in [2.24, 2.45) is 0 Å². The second-order valence-electron chi connectivity index (χ2n) is 13.9. The van der Waals surface area contributed by atoms with Crippen molar-refractivity contribution in [2.75, 3.05) is 0 Å². The highest BCUT2D eigenvalue weighted by molar-refractivity contribution is 7.26. The van der Waals surface area contributed by atoms with E-state index in [1.807, 2.05) is 30.6 Å². The molecule has 11 aromatic rings. The zero-order valence-electron chi connectivity index (χ0n) is 30.0. The van der Waals surface area contributed by atoms with Crippen LogP contribution in [0, 0.1) is 0 Å². The van der Waals surface area contributed by atoms with Crippen LogP contribution in [-0.4, -0.2) is 24.5 Å². The Labute approximate surface area is 326 Å². The first-order valence-corrected chi connectivity index (χ1v) is 19.4. The van der Waals surface area contributed by atoms with E-state index in [1.165, 1.54) is 36.5 Å². The number of thiophene rings is 1. The molecule has 0 unspecified atom stereocenters. The van der Waals surface area contributed by atoms with E-state index in [4.69, 9.17) is 15.0 Å². The van der Waals surface area contributed by atoms with E-state index in [1.54, 1.807) is 11.3 Å². The maximum Gasteiger partial charge on any atom is 0.164 e. The molecule has 0 fully saturated rings. The summed E-state index contributed by atoms with van der Waals surface area (Å²) in [5, 5.41) is 4.89. The number of fused-ring (bicyclic) bond motifs is 6. The van der Waals surface area contributed by atoms with Crippen LogP contribution in [0.5, 0.6) is 0 Å². The van der Waals surface area contributed by atoms with Crippen LogP contribution in [0.4, 0.5) is 0 Å². The number of aromatic nitrogens is 5. The van der Waals surface area contributed by atoms with E-state index in [0.29, 0.717) is 17.5 Å². The molecule has 0 amide bonds. The quantitative estimate of drug-likeness (QED) is 0.171. The Morgan fingerprint density at radius 2 is 0.964 bits per heavy atom. The third kappa shape index (κ3) is 5.38. The zero-order valence-corrected chi connectivity index (χ0v) is 30.9. The molecule has 6 heteroatoms. The Morgan fingerprint density at radius 3 is 1.70 bits per heavy atom. The normalized spacial score (nSPS) is 11.6. The van der Waals surface area contributed by atoms with E-state index in [0.717, 1.165) is 50.1 Å². The Morgan fingerprint density at radius 1 is 0.393 bits per heavy atom. The van der Waals surface area contributed by atoms with Gasteiger partial charge in [-0.05, 0) is 47.0 Å². The monoisotopic (exact) mass is 733 g/mol. The number of nitrogens with zero attached hydrogens (tertiary/aromatic N) is 5.